The molecule has 0 aromatic carbocycles. The Morgan fingerprint density at radius 3 is 2.83 bits per heavy atom. The zero-order valence-electron chi connectivity index (χ0n) is 10.5. The van der Waals surface area contributed by atoms with Crippen molar-refractivity contribution in [2.45, 2.75) is 25.7 Å². The minimum Gasteiger partial charge on any atom is -0.304 e. The van der Waals surface area contributed by atoms with Gasteiger partial charge < -0.3 is 4.90 Å². The zero-order chi connectivity index (χ0) is 12.5. The highest BCUT2D eigenvalue weighted by Gasteiger charge is 2.23. The molecular formula is C13H17ClN4. The molecule has 0 N–H and O–H groups in total. The normalized spacial score (nSPS) is 18.6. The summed E-state index contributed by atoms with van der Waals surface area (Å²) in [4.78, 5) is 7.08. The lowest BCUT2D eigenvalue weighted by Gasteiger charge is -2.29. The van der Waals surface area contributed by atoms with Crippen LogP contribution in [0.4, 0.5) is 0 Å². The van der Waals surface area contributed by atoms with Crippen LogP contribution >= 0.6 is 11.6 Å². The smallest absolute Gasteiger partial charge is 0.155 e. The Morgan fingerprint density at radius 1 is 1.33 bits per heavy atom. The first-order chi connectivity index (χ1) is 8.76. The Kier molecular flexibility index (Phi) is 3.22. The predicted octanol–water partition coefficient (Wildman–Crippen LogP) is 2.58. The first-order valence-electron chi connectivity index (χ1n) is 6.50. The number of hydrogen-bond donors (Lipinski definition) is 0. The molecule has 1 aliphatic rings. The van der Waals surface area contributed by atoms with Crippen molar-refractivity contribution in [1.29, 1.82) is 0 Å². The second kappa shape index (κ2) is 4.86. The van der Waals surface area contributed by atoms with E-state index in [0.29, 0.717) is 10.9 Å². The molecule has 4 nitrogen and oxygen atoms in total. The van der Waals surface area contributed by atoms with E-state index in [0.717, 1.165) is 43.9 Å². The van der Waals surface area contributed by atoms with Crippen LogP contribution in [-0.2, 0) is 0 Å². The third-order valence-corrected chi connectivity index (χ3v) is 3.93. The molecule has 2 aromatic heterocycles. The van der Waals surface area contributed by atoms with Gasteiger partial charge in [0, 0.05) is 12.1 Å². The summed E-state index contributed by atoms with van der Waals surface area (Å²) in [6.07, 6.45) is 4.12. The van der Waals surface area contributed by atoms with Gasteiger partial charge in [-0.3, -0.25) is 0 Å². The van der Waals surface area contributed by atoms with Crippen molar-refractivity contribution >= 4 is 17.2 Å². The van der Waals surface area contributed by atoms with E-state index in [1.54, 1.807) is 4.52 Å². The highest BCUT2D eigenvalue weighted by atomic mass is 35.5. The highest BCUT2D eigenvalue weighted by molar-refractivity contribution is 6.30. The van der Waals surface area contributed by atoms with E-state index >= 15 is 0 Å². The van der Waals surface area contributed by atoms with Gasteiger partial charge in [0.1, 0.15) is 0 Å². The molecule has 1 fully saturated rings. The number of likely N-dealkylation sites (tertiary alicyclic amines) is 1. The summed E-state index contributed by atoms with van der Waals surface area (Å²) in [5, 5.41) is 5.24. The highest BCUT2D eigenvalue weighted by Crippen LogP contribution is 2.26. The lowest BCUT2D eigenvalue weighted by Crippen LogP contribution is -2.32. The van der Waals surface area contributed by atoms with Gasteiger partial charge in [0.05, 0.1) is 5.02 Å². The molecule has 0 amide bonds. The van der Waals surface area contributed by atoms with E-state index in [9.17, 15) is 0 Å². The lowest BCUT2D eigenvalue weighted by molar-refractivity contribution is 0.219. The molecule has 1 saturated heterocycles. The van der Waals surface area contributed by atoms with Crippen molar-refractivity contribution in [3.63, 3.8) is 0 Å². The fourth-order valence-corrected chi connectivity index (χ4v) is 2.71. The van der Waals surface area contributed by atoms with Crippen molar-refractivity contribution in [2.75, 3.05) is 19.6 Å². The molecule has 0 spiro atoms. The van der Waals surface area contributed by atoms with Gasteiger partial charge >= 0.3 is 0 Å². The molecule has 96 valence electrons. The zero-order valence-corrected chi connectivity index (χ0v) is 11.3. The van der Waals surface area contributed by atoms with Gasteiger partial charge in [0.15, 0.2) is 11.5 Å². The summed E-state index contributed by atoms with van der Waals surface area (Å²) < 4.78 is 1.78. The Balaban J connectivity index is 1.82. The molecule has 3 rings (SSSR count). The lowest BCUT2D eigenvalue weighted by atomic mass is 9.96. The second-order valence-corrected chi connectivity index (χ2v) is 5.27. The van der Waals surface area contributed by atoms with Gasteiger partial charge in [-0.15, -0.1) is 0 Å². The van der Waals surface area contributed by atoms with E-state index in [2.05, 4.69) is 21.9 Å². The van der Waals surface area contributed by atoms with Crippen LogP contribution in [-0.4, -0.2) is 39.1 Å². The van der Waals surface area contributed by atoms with Gasteiger partial charge in [0.25, 0.3) is 0 Å². The van der Waals surface area contributed by atoms with Crippen LogP contribution in [0.2, 0.25) is 5.02 Å². The second-order valence-electron chi connectivity index (χ2n) is 4.83. The van der Waals surface area contributed by atoms with Crippen molar-refractivity contribution in [2.24, 2.45) is 0 Å². The minimum absolute atomic E-state index is 0.492. The van der Waals surface area contributed by atoms with E-state index in [1.807, 2.05) is 18.3 Å². The summed E-state index contributed by atoms with van der Waals surface area (Å²) in [7, 11) is 0. The summed E-state index contributed by atoms with van der Waals surface area (Å²) >= 11 is 5.96. The van der Waals surface area contributed by atoms with Crippen LogP contribution < -0.4 is 0 Å². The molecule has 18 heavy (non-hydrogen) atoms. The van der Waals surface area contributed by atoms with Crippen LogP contribution in [0.1, 0.15) is 31.5 Å². The fourth-order valence-electron chi connectivity index (χ4n) is 2.56. The van der Waals surface area contributed by atoms with Gasteiger partial charge in [-0.05, 0) is 44.6 Å². The Labute approximate surface area is 112 Å². The molecular weight excluding hydrogens is 248 g/mol. The topological polar surface area (TPSA) is 33.4 Å². The van der Waals surface area contributed by atoms with E-state index in [1.165, 1.54) is 0 Å². The number of pyridine rings is 1. The first kappa shape index (κ1) is 11.9. The van der Waals surface area contributed by atoms with Crippen molar-refractivity contribution in [1.82, 2.24) is 19.5 Å². The van der Waals surface area contributed by atoms with E-state index in [4.69, 9.17) is 11.6 Å². The maximum atomic E-state index is 5.96. The largest absolute Gasteiger partial charge is 0.304 e. The van der Waals surface area contributed by atoms with Gasteiger partial charge in [-0.25, -0.2) is 9.50 Å². The number of hydrogen-bond acceptors (Lipinski definition) is 3. The number of fused-ring (bicyclic) bond motifs is 1. The van der Waals surface area contributed by atoms with Crippen LogP contribution in [0.25, 0.3) is 5.65 Å². The average molecular weight is 265 g/mol. The Hall–Kier alpha value is -1.13. The van der Waals surface area contributed by atoms with Crippen LogP contribution in [0.15, 0.2) is 18.3 Å². The summed E-state index contributed by atoms with van der Waals surface area (Å²) in [6.45, 7) is 5.65. The number of nitrogens with zero attached hydrogens (tertiary/aromatic N) is 4. The van der Waals surface area contributed by atoms with Gasteiger partial charge in [-0.1, -0.05) is 18.5 Å². The van der Waals surface area contributed by atoms with Crippen LogP contribution in [0, 0.1) is 0 Å². The molecule has 0 bridgehead atoms. The molecule has 1 aliphatic heterocycles. The monoisotopic (exact) mass is 264 g/mol. The Morgan fingerprint density at radius 2 is 2.11 bits per heavy atom. The van der Waals surface area contributed by atoms with Crippen molar-refractivity contribution in [3.05, 3.63) is 29.2 Å². The van der Waals surface area contributed by atoms with Gasteiger partial charge in [-0.2, -0.15) is 5.10 Å². The number of rotatable bonds is 2. The minimum atomic E-state index is 0.492. The van der Waals surface area contributed by atoms with Gasteiger partial charge in [0.2, 0.25) is 0 Å². The van der Waals surface area contributed by atoms with Crippen molar-refractivity contribution < 1.29 is 0 Å². The third kappa shape index (κ3) is 2.22. The molecule has 0 saturated carbocycles. The molecule has 0 aliphatic carbocycles. The fraction of sp³-hybridized carbons (Fsp3) is 0.538. The SMILES string of the molecule is CCN1CCC(c2nc3ccc(Cl)cn3n2)CC1. The molecule has 5 heteroatoms. The van der Waals surface area contributed by atoms with E-state index in [-0.39, 0.29) is 0 Å². The summed E-state index contributed by atoms with van der Waals surface area (Å²) in [5.74, 6) is 1.46. The molecule has 0 unspecified atom stereocenters. The summed E-state index contributed by atoms with van der Waals surface area (Å²) in [5.41, 5.74) is 0.882. The molecule has 0 radical (unpaired) electrons. The number of aromatic nitrogens is 3. The van der Waals surface area contributed by atoms with Crippen LogP contribution in [0.3, 0.4) is 0 Å². The first-order valence-corrected chi connectivity index (χ1v) is 6.88. The number of piperidine rings is 1. The standard InChI is InChI=1S/C13H17ClN4/c1-2-17-7-5-10(6-8-17)13-15-12-4-3-11(14)9-18(12)16-13/h3-4,9-10H,2,5-8H2,1H3. The molecule has 3 heterocycles. The predicted molar refractivity (Wildman–Crippen MR) is 72.1 cm³/mol. The van der Waals surface area contributed by atoms with E-state index < -0.39 is 0 Å². The number of halogens is 1. The Bertz CT molecular complexity index is 543. The van der Waals surface area contributed by atoms with Crippen LogP contribution in [0.5, 0.6) is 0 Å². The molecule has 0 atom stereocenters. The molecule has 2 aromatic rings. The quantitative estimate of drug-likeness (QED) is 0.836. The third-order valence-electron chi connectivity index (χ3n) is 3.71. The maximum Gasteiger partial charge on any atom is 0.155 e. The van der Waals surface area contributed by atoms with Crippen molar-refractivity contribution in [3.8, 4) is 0 Å². The summed E-state index contributed by atoms with van der Waals surface area (Å²) in [6, 6.07) is 3.77. The maximum absolute atomic E-state index is 5.96. The average Bonchev–Trinajstić information content (AvgIpc) is 2.81.